The monoisotopic (exact) mass is 392 g/mol. The van der Waals surface area contributed by atoms with Crippen LogP contribution in [0.3, 0.4) is 0 Å². The summed E-state index contributed by atoms with van der Waals surface area (Å²) in [5.41, 5.74) is 4.14. The molecule has 144 valence electrons. The van der Waals surface area contributed by atoms with Crippen LogP contribution in [0.1, 0.15) is 11.1 Å². The Bertz CT molecular complexity index is 938. The standard InChI is InChI=1S/C18H20N2O6S/c1-12-7-13(2)9-14(8-12)26-11-18(21)19-20-27(22,23)15-3-4-16-17(10-15)25-6-5-24-16/h3-4,7-10,20H,5-6,11H2,1-2H3,(H,19,21). The Hall–Kier alpha value is -2.78. The van der Waals surface area contributed by atoms with Gasteiger partial charge in [-0.25, -0.2) is 8.42 Å². The van der Waals surface area contributed by atoms with Crippen molar-refractivity contribution in [3.05, 3.63) is 47.5 Å². The number of ether oxygens (including phenoxy) is 3. The van der Waals surface area contributed by atoms with Crippen molar-refractivity contribution in [2.45, 2.75) is 18.7 Å². The second kappa shape index (κ2) is 7.85. The van der Waals surface area contributed by atoms with Crippen molar-refractivity contribution in [1.82, 2.24) is 10.3 Å². The van der Waals surface area contributed by atoms with Gasteiger partial charge in [0.15, 0.2) is 18.1 Å². The van der Waals surface area contributed by atoms with Crippen LogP contribution in [0.2, 0.25) is 0 Å². The summed E-state index contributed by atoms with van der Waals surface area (Å²) in [6, 6.07) is 9.78. The number of benzene rings is 2. The SMILES string of the molecule is Cc1cc(C)cc(OCC(=O)NNS(=O)(=O)c2ccc3c(c2)OCCO3)c1. The first-order chi connectivity index (χ1) is 12.8. The normalized spacial score (nSPS) is 13.1. The molecule has 27 heavy (non-hydrogen) atoms. The predicted octanol–water partition coefficient (Wildman–Crippen LogP) is 1.46. The van der Waals surface area contributed by atoms with E-state index in [0.717, 1.165) is 11.1 Å². The molecule has 0 fully saturated rings. The average molecular weight is 392 g/mol. The van der Waals surface area contributed by atoms with Crippen LogP contribution in [0.5, 0.6) is 17.2 Å². The molecule has 0 bridgehead atoms. The maximum absolute atomic E-state index is 12.3. The predicted molar refractivity (Wildman–Crippen MR) is 97.3 cm³/mol. The Balaban J connectivity index is 1.57. The van der Waals surface area contributed by atoms with E-state index in [0.29, 0.717) is 30.5 Å². The molecule has 1 heterocycles. The summed E-state index contributed by atoms with van der Waals surface area (Å²) in [5.74, 6) is 0.729. The van der Waals surface area contributed by atoms with Gasteiger partial charge in [-0.3, -0.25) is 10.2 Å². The highest BCUT2D eigenvalue weighted by molar-refractivity contribution is 7.89. The van der Waals surface area contributed by atoms with Gasteiger partial charge in [0.1, 0.15) is 19.0 Å². The largest absolute Gasteiger partial charge is 0.486 e. The Morgan fingerprint density at radius 3 is 2.41 bits per heavy atom. The zero-order valence-corrected chi connectivity index (χ0v) is 15.8. The van der Waals surface area contributed by atoms with Crippen LogP contribution in [0.25, 0.3) is 0 Å². The number of carbonyl (C=O) groups is 1. The Labute approximate surface area is 157 Å². The van der Waals surface area contributed by atoms with E-state index in [1.807, 2.05) is 24.7 Å². The van der Waals surface area contributed by atoms with Crippen LogP contribution in [0.15, 0.2) is 41.3 Å². The zero-order chi connectivity index (χ0) is 19.4. The Kier molecular flexibility index (Phi) is 5.52. The number of aryl methyl sites for hydroxylation is 2. The highest BCUT2D eigenvalue weighted by Crippen LogP contribution is 2.32. The van der Waals surface area contributed by atoms with Gasteiger partial charge in [0.2, 0.25) is 0 Å². The van der Waals surface area contributed by atoms with Crippen molar-refractivity contribution in [1.29, 1.82) is 0 Å². The average Bonchev–Trinajstić information content (AvgIpc) is 2.63. The topological polar surface area (TPSA) is 103 Å². The van der Waals surface area contributed by atoms with E-state index in [-0.39, 0.29) is 11.5 Å². The van der Waals surface area contributed by atoms with Crippen LogP contribution in [-0.2, 0) is 14.8 Å². The molecule has 0 radical (unpaired) electrons. The minimum absolute atomic E-state index is 0.0534. The summed E-state index contributed by atoms with van der Waals surface area (Å²) in [6.07, 6.45) is 0. The van der Waals surface area contributed by atoms with Crippen molar-refractivity contribution in [3.63, 3.8) is 0 Å². The van der Waals surface area contributed by atoms with Crippen LogP contribution in [0.4, 0.5) is 0 Å². The van der Waals surface area contributed by atoms with Gasteiger partial charge in [0, 0.05) is 6.07 Å². The van der Waals surface area contributed by atoms with Crippen LogP contribution in [0, 0.1) is 13.8 Å². The number of hydrazine groups is 1. The first-order valence-corrected chi connectivity index (χ1v) is 9.73. The first-order valence-electron chi connectivity index (χ1n) is 8.25. The summed E-state index contributed by atoms with van der Waals surface area (Å²) in [6.45, 7) is 4.26. The van der Waals surface area contributed by atoms with Crippen LogP contribution in [-0.4, -0.2) is 34.1 Å². The molecule has 3 rings (SSSR count). The first kappa shape index (κ1) is 19.0. The van der Waals surface area contributed by atoms with Gasteiger partial charge in [-0.1, -0.05) is 6.07 Å². The molecule has 0 spiro atoms. The fourth-order valence-electron chi connectivity index (χ4n) is 2.58. The maximum Gasteiger partial charge on any atom is 0.272 e. The van der Waals surface area contributed by atoms with Crippen molar-refractivity contribution in [3.8, 4) is 17.2 Å². The molecule has 0 saturated carbocycles. The lowest BCUT2D eigenvalue weighted by atomic mass is 10.1. The fraction of sp³-hybridized carbons (Fsp3) is 0.278. The molecule has 1 aliphatic rings. The molecule has 2 aromatic carbocycles. The molecule has 1 amide bonds. The molecule has 0 atom stereocenters. The second-order valence-electron chi connectivity index (χ2n) is 6.07. The fourth-order valence-corrected chi connectivity index (χ4v) is 3.45. The highest BCUT2D eigenvalue weighted by atomic mass is 32.2. The van der Waals surface area contributed by atoms with Gasteiger partial charge in [-0.2, -0.15) is 0 Å². The van der Waals surface area contributed by atoms with Gasteiger partial charge >= 0.3 is 0 Å². The number of amides is 1. The lowest BCUT2D eigenvalue weighted by Crippen LogP contribution is -2.43. The third kappa shape index (κ3) is 4.89. The van der Waals surface area contributed by atoms with Gasteiger partial charge < -0.3 is 14.2 Å². The summed E-state index contributed by atoms with van der Waals surface area (Å²) in [4.78, 5) is 13.9. The summed E-state index contributed by atoms with van der Waals surface area (Å²) < 4.78 is 40.8. The van der Waals surface area contributed by atoms with E-state index in [1.54, 1.807) is 12.1 Å². The summed E-state index contributed by atoms with van der Waals surface area (Å²) >= 11 is 0. The number of sulfonamides is 1. The Morgan fingerprint density at radius 2 is 1.70 bits per heavy atom. The summed E-state index contributed by atoms with van der Waals surface area (Å²) in [5, 5.41) is 0. The number of rotatable bonds is 6. The molecule has 0 unspecified atom stereocenters. The van der Waals surface area contributed by atoms with E-state index in [4.69, 9.17) is 14.2 Å². The van der Waals surface area contributed by atoms with Gasteiger partial charge in [-0.05, 0) is 49.2 Å². The Morgan fingerprint density at radius 1 is 1.04 bits per heavy atom. The van der Waals surface area contributed by atoms with E-state index >= 15 is 0 Å². The zero-order valence-electron chi connectivity index (χ0n) is 14.9. The third-order valence-corrected chi connectivity index (χ3v) is 4.96. The minimum Gasteiger partial charge on any atom is -0.486 e. The maximum atomic E-state index is 12.3. The van der Waals surface area contributed by atoms with Gasteiger partial charge in [0.25, 0.3) is 15.9 Å². The number of nitrogens with one attached hydrogen (secondary N) is 2. The quantitative estimate of drug-likeness (QED) is 0.722. The van der Waals surface area contributed by atoms with Crippen LogP contribution >= 0.6 is 0 Å². The molecule has 0 aliphatic carbocycles. The van der Waals surface area contributed by atoms with E-state index in [2.05, 4.69) is 5.43 Å². The van der Waals surface area contributed by atoms with Crippen LogP contribution < -0.4 is 24.5 Å². The lowest BCUT2D eigenvalue weighted by Gasteiger charge is -2.19. The second-order valence-corrected chi connectivity index (χ2v) is 7.75. The van der Waals surface area contributed by atoms with Gasteiger partial charge in [-0.15, -0.1) is 4.83 Å². The number of hydrogen-bond donors (Lipinski definition) is 2. The van der Waals surface area contributed by atoms with Gasteiger partial charge in [0.05, 0.1) is 4.90 Å². The van der Waals surface area contributed by atoms with E-state index < -0.39 is 15.9 Å². The molecule has 8 nitrogen and oxygen atoms in total. The van der Waals surface area contributed by atoms with Crippen molar-refractivity contribution in [2.75, 3.05) is 19.8 Å². The van der Waals surface area contributed by atoms with Crippen molar-refractivity contribution in [2.24, 2.45) is 0 Å². The minimum atomic E-state index is -3.96. The molecule has 2 aromatic rings. The van der Waals surface area contributed by atoms with Crippen molar-refractivity contribution < 1.29 is 27.4 Å². The smallest absolute Gasteiger partial charge is 0.272 e. The van der Waals surface area contributed by atoms with E-state index in [1.165, 1.54) is 18.2 Å². The number of fused-ring (bicyclic) bond motifs is 1. The third-order valence-electron chi connectivity index (χ3n) is 3.71. The molecule has 1 aliphatic heterocycles. The van der Waals surface area contributed by atoms with Crippen molar-refractivity contribution >= 4 is 15.9 Å². The molecule has 9 heteroatoms. The molecule has 0 saturated heterocycles. The highest BCUT2D eigenvalue weighted by Gasteiger charge is 2.20. The lowest BCUT2D eigenvalue weighted by molar-refractivity contribution is -0.123. The summed E-state index contributed by atoms with van der Waals surface area (Å²) in [7, 11) is -3.96. The molecular weight excluding hydrogens is 372 g/mol. The molecule has 2 N–H and O–H groups in total. The number of hydrogen-bond acceptors (Lipinski definition) is 6. The molecular formula is C18H20N2O6S. The molecule has 0 aromatic heterocycles. The van der Waals surface area contributed by atoms with E-state index in [9.17, 15) is 13.2 Å². The number of carbonyl (C=O) groups excluding carboxylic acids is 1.